The Morgan fingerprint density at radius 2 is 1.86 bits per heavy atom. The molecular formula is C24H30F2N4O5S. The lowest BCUT2D eigenvalue weighted by Gasteiger charge is -2.24. The van der Waals surface area contributed by atoms with Gasteiger partial charge >= 0.3 is 5.97 Å². The molecule has 196 valence electrons. The van der Waals surface area contributed by atoms with Crippen LogP contribution < -0.4 is 9.46 Å². The molecule has 0 aliphatic rings. The number of hydrogen-bond acceptors (Lipinski definition) is 6. The van der Waals surface area contributed by atoms with Crippen LogP contribution in [0.3, 0.4) is 0 Å². The zero-order chi connectivity index (χ0) is 26.8. The number of sulfonamides is 1. The number of carboxylic acid groups (broad SMARTS) is 1. The largest absolute Gasteiger partial charge is 0.480 e. The van der Waals surface area contributed by atoms with E-state index in [9.17, 15) is 27.1 Å². The molecule has 3 rings (SSSR count). The van der Waals surface area contributed by atoms with Gasteiger partial charge in [-0.25, -0.2) is 17.2 Å². The third-order valence-electron chi connectivity index (χ3n) is 5.70. The summed E-state index contributed by atoms with van der Waals surface area (Å²) in [5.41, 5.74) is 0.476. The van der Waals surface area contributed by atoms with Crippen molar-refractivity contribution >= 4 is 26.9 Å². The second-order valence-electron chi connectivity index (χ2n) is 9.32. The molecule has 0 spiro atoms. The van der Waals surface area contributed by atoms with Crippen LogP contribution in [-0.2, 0) is 21.4 Å². The molecule has 0 aliphatic carbocycles. The van der Waals surface area contributed by atoms with Crippen molar-refractivity contribution in [3.8, 4) is 11.5 Å². The van der Waals surface area contributed by atoms with E-state index in [4.69, 9.17) is 4.74 Å². The van der Waals surface area contributed by atoms with Crippen LogP contribution in [0, 0.1) is 17.6 Å². The third-order valence-corrected chi connectivity index (χ3v) is 7.20. The number of aromatic nitrogens is 2. The number of ether oxygens (including phenoxy) is 1. The first-order valence-electron chi connectivity index (χ1n) is 11.3. The number of fused-ring (bicyclic) bond motifs is 1. The number of aliphatic carboxylic acids is 1. The number of carbonyl (C=O) groups is 1. The van der Waals surface area contributed by atoms with Crippen LogP contribution in [0.15, 0.2) is 41.4 Å². The summed E-state index contributed by atoms with van der Waals surface area (Å²) in [6, 6.07) is 3.66. The highest BCUT2D eigenvalue weighted by Crippen LogP contribution is 2.35. The topological polar surface area (TPSA) is 114 Å². The Morgan fingerprint density at radius 1 is 1.17 bits per heavy atom. The summed E-state index contributed by atoms with van der Waals surface area (Å²) >= 11 is 0. The summed E-state index contributed by atoms with van der Waals surface area (Å²) in [5, 5.41) is 14.5. The molecule has 0 amide bonds. The van der Waals surface area contributed by atoms with Gasteiger partial charge in [0.1, 0.15) is 22.5 Å². The van der Waals surface area contributed by atoms with E-state index in [2.05, 4.69) is 9.82 Å². The quantitative estimate of drug-likeness (QED) is 0.392. The lowest BCUT2D eigenvalue weighted by molar-refractivity contribution is -0.139. The molecule has 2 unspecified atom stereocenters. The Balaban J connectivity index is 2.12. The minimum absolute atomic E-state index is 0.00211. The maximum atomic E-state index is 14.3. The van der Waals surface area contributed by atoms with Crippen LogP contribution in [-0.4, -0.2) is 60.4 Å². The van der Waals surface area contributed by atoms with Gasteiger partial charge < -0.3 is 14.7 Å². The molecule has 2 aromatic carbocycles. The number of nitrogens with zero attached hydrogens (tertiary/aromatic N) is 3. The summed E-state index contributed by atoms with van der Waals surface area (Å²) in [6.07, 6.45) is 1.52. The average molecular weight is 525 g/mol. The number of halogens is 2. The number of carboxylic acids is 1. The first kappa shape index (κ1) is 27.5. The van der Waals surface area contributed by atoms with Gasteiger partial charge in [-0.3, -0.25) is 9.48 Å². The zero-order valence-electron chi connectivity index (χ0n) is 20.7. The second-order valence-corrected chi connectivity index (χ2v) is 11.0. The molecule has 2 N–H and O–H groups in total. The molecule has 1 heterocycles. The fourth-order valence-corrected chi connectivity index (χ4v) is 4.88. The van der Waals surface area contributed by atoms with Crippen molar-refractivity contribution in [1.82, 2.24) is 19.4 Å². The molecular weight excluding hydrogens is 494 g/mol. The SMILES string of the molecule is CC(C)Cn1ncc2cc(Oc3ccc(F)cc3F)c(S(=O)(=O)NC(CC(C)N(C)C)C(=O)O)cc21. The summed E-state index contributed by atoms with van der Waals surface area (Å²) < 4.78 is 64.2. The van der Waals surface area contributed by atoms with Gasteiger partial charge in [-0.05, 0) is 57.6 Å². The van der Waals surface area contributed by atoms with Gasteiger partial charge in [0.15, 0.2) is 11.6 Å². The third kappa shape index (κ3) is 6.37. The molecule has 1 aromatic heterocycles. The van der Waals surface area contributed by atoms with Crippen LogP contribution in [0.25, 0.3) is 10.9 Å². The van der Waals surface area contributed by atoms with Crippen molar-refractivity contribution in [1.29, 1.82) is 0 Å². The monoisotopic (exact) mass is 524 g/mol. The van der Waals surface area contributed by atoms with Crippen molar-refractivity contribution in [2.45, 2.75) is 50.7 Å². The molecule has 12 heteroatoms. The van der Waals surface area contributed by atoms with Crippen LogP contribution in [0.5, 0.6) is 11.5 Å². The number of nitrogens with one attached hydrogen (secondary N) is 1. The van der Waals surface area contributed by atoms with E-state index in [1.165, 1.54) is 18.3 Å². The number of rotatable bonds is 11. The Labute approximate surface area is 208 Å². The van der Waals surface area contributed by atoms with Crippen molar-refractivity contribution in [2.75, 3.05) is 14.1 Å². The zero-order valence-corrected chi connectivity index (χ0v) is 21.5. The molecule has 0 radical (unpaired) electrons. The molecule has 0 aliphatic heterocycles. The van der Waals surface area contributed by atoms with E-state index in [-0.39, 0.29) is 24.1 Å². The average Bonchev–Trinajstić information content (AvgIpc) is 3.15. The van der Waals surface area contributed by atoms with Gasteiger partial charge in [-0.2, -0.15) is 9.82 Å². The van der Waals surface area contributed by atoms with Crippen LogP contribution in [0.4, 0.5) is 8.78 Å². The highest BCUT2D eigenvalue weighted by atomic mass is 32.2. The summed E-state index contributed by atoms with van der Waals surface area (Å²) in [4.78, 5) is 13.3. The lowest BCUT2D eigenvalue weighted by atomic mass is 10.1. The Morgan fingerprint density at radius 3 is 2.44 bits per heavy atom. The summed E-state index contributed by atoms with van der Waals surface area (Å²) in [7, 11) is -0.964. The first-order valence-corrected chi connectivity index (χ1v) is 12.8. The Bertz CT molecular complexity index is 1360. The number of hydrogen-bond donors (Lipinski definition) is 2. The lowest BCUT2D eigenvalue weighted by Crippen LogP contribution is -2.44. The smallest absolute Gasteiger partial charge is 0.321 e. The van der Waals surface area contributed by atoms with Gasteiger partial charge in [0.2, 0.25) is 10.0 Å². The molecule has 0 saturated heterocycles. The van der Waals surface area contributed by atoms with Gasteiger partial charge in [0.05, 0.1) is 11.7 Å². The molecule has 0 fully saturated rings. The van der Waals surface area contributed by atoms with E-state index in [1.807, 2.05) is 13.8 Å². The van der Waals surface area contributed by atoms with E-state index in [0.29, 0.717) is 23.5 Å². The standard InChI is InChI=1S/C24H30F2N4O5S/c1-14(2)13-30-20-11-23(36(33,34)28-19(24(31)32)8-15(3)29(4)5)22(9-16(20)12-27-30)35-21-7-6-17(25)10-18(21)26/h6-7,9-12,14-15,19,28H,8,13H2,1-5H3,(H,31,32). The molecule has 36 heavy (non-hydrogen) atoms. The molecule has 3 aromatic rings. The number of benzene rings is 2. The van der Waals surface area contributed by atoms with Crippen LogP contribution in [0.2, 0.25) is 0 Å². The molecule has 0 bridgehead atoms. The Kier molecular flexibility index (Phi) is 8.32. The minimum atomic E-state index is -4.47. The van der Waals surface area contributed by atoms with Crippen molar-refractivity contribution in [3.05, 3.63) is 48.2 Å². The van der Waals surface area contributed by atoms with E-state index in [0.717, 1.165) is 12.1 Å². The fourth-order valence-electron chi connectivity index (χ4n) is 3.55. The highest BCUT2D eigenvalue weighted by molar-refractivity contribution is 7.89. The van der Waals surface area contributed by atoms with Gasteiger partial charge in [-0.1, -0.05) is 13.8 Å². The Hall–Kier alpha value is -3.09. The maximum Gasteiger partial charge on any atom is 0.321 e. The first-order chi connectivity index (χ1) is 16.8. The van der Waals surface area contributed by atoms with Gasteiger partial charge in [-0.15, -0.1) is 0 Å². The van der Waals surface area contributed by atoms with E-state index in [1.54, 1.807) is 30.6 Å². The van der Waals surface area contributed by atoms with E-state index >= 15 is 0 Å². The minimum Gasteiger partial charge on any atom is -0.480 e. The van der Waals surface area contributed by atoms with Crippen molar-refractivity contribution < 1.29 is 31.8 Å². The fraction of sp³-hybridized carbons (Fsp3) is 0.417. The predicted molar refractivity (Wildman–Crippen MR) is 131 cm³/mol. The summed E-state index contributed by atoms with van der Waals surface area (Å²) in [6.45, 7) is 6.23. The van der Waals surface area contributed by atoms with Gasteiger partial charge in [0, 0.05) is 24.0 Å². The maximum absolute atomic E-state index is 14.3. The van der Waals surface area contributed by atoms with E-state index < -0.39 is 44.3 Å². The van der Waals surface area contributed by atoms with Crippen LogP contribution in [0.1, 0.15) is 27.2 Å². The van der Waals surface area contributed by atoms with Crippen molar-refractivity contribution in [3.63, 3.8) is 0 Å². The summed E-state index contributed by atoms with van der Waals surface area (Å²) in [5.74, 6) is -3.62. The normalized spacial score (nSPS) is 13.9. The highest BCUT2D eigenvalue weighted by Gasteiger charge is 2.31. The van der Waals surface area contributed by atoms with Crippen LogP contribution >= 0.6 is 0 Å². The molecule has 0 saturated carbocycles. The second kappa shape index (κ2) is 10.9. The van der Waals surface area contributed by atoms with Gasteiger partial charge in [0.25, 0.3) is 0 Å². The predicted octanol–water partition coefficient (Wildman–Crippen LogP) is 3.83. The van der Waals surface area contributed by atoms with Crippen molar-refractivity contribution in [2.24, 2.45) is 5.92 Å². The molecule has 2 atom stereocenters. The molecule has 9 nitrogen and oxygen atoms in total.